The number of hydrogen-bond acceptors (Lipinski definition) is 4. The summed E-state index contributed by atoms with van der Waals surface area (Å²) in [6.07, 6.45) is 0.971. The highest BCUT2D eigenvalue weighted by molar-refractivity contribution is 7.91. The molecule has 3 rings (SSSR count). The lowest BCUT2D eigenvalue weighted by Crippen LogP contribution is -2.44. The molecule has 8 heteroatoms. The molecule has 1 atom stereocenters. The van der Waals surface area contributed by atoms with Crippen LogP contribution < -0.4 is 15.5 Å². The standard InChI is InChI=1S/C21H27ClN4O2S/c1-2-23-21(24-12-14-29(27,28)20-9-4-3-5-10-20)25-18-11-13-26(16-18)19-8-6-7-17(22)15-19/h3-10,15,18H,2,11-14,16H2,1H3,(H2,23,24,25). The maximum Gasteiger partial charge on any atom is 0.191 e. The fourth-order valence-electron chi connectivity index (χ4n) is 3.32. The SMILES string of the molecule is CCNC(=NCCS(=O)(=O)c1ccccc1)NC1CCN(c2cccc(Cl)c2)C1. The predicted molar refractivity (Wildman–Crippen MR) is 120 cm³/mol. The van der Waals surface area contributed by atoms with Crippen LogP contribution in [0.25, 0.3) is 0 Å². The zero-order valence-corrected chi connectivity index (χ0v) is 18.1. The van der Waals surface area contributed by atoms with Crippen LogP contribution in [-0.4, -0.2) is 52.4 Å². The van der Waals surface area contributed by atoms with Gasteiger partial charge in [-0.3, -0.25) is 4.99 Å². The topological polar surface area (TPSA) is 73.8 Å². The number of anilines is 1. The van der Waals surface area contributed by atoms with Crippen molar-refractivity contribution in [3.8, 4) is 0 Å². The molecule has 156 valence electrons. The minimum atomic E-state index is -3.33. The van der Waals surface area contributed by atoms with Gasteiger partial charge in [-0.25, -0.2) is 8.42 Å². The first kappa shape index (κ1) is 21.5. The van der Waals surface area contributed by atoms with E-state index in [-0.39, 0.29) is 18.3 Å². The number of aliphatic imine (C=N–C) groups is 1. The Morgan fingerprint density at radius 1 is 1.21 bits per heavy atom. The van der Waals surface area contributed by atoms with Crippen molar-refractivity contribution in [3.05, 3.63) is 59.6 Å². The highest BCUT2D eigenvalue weighted by atomic mass is 35.5. The summed E-state index contributed by atoms with van der Waals surface area (Å²) in [6.45, 7) is 4.68. The maximum atomic E-state index is 12.4. The van der Waals surface area contributed by atoms with Crippen LogP contribution in [0.3, 0.4) is 0 Å². The van der Waals surface area contributed by atoms with Gasteiger partial charge in [0.05, 0.1) is 17.2 Å². The van der Waals surface area contributed by atoms with Gasteiger partial charge < -0.3 is 15.5 Å². The minimum absolute atomic E-state index is 0.0209. The van der Waals surface area contributed by atoms with Crippen LogP contribution >= 0.6 is 11.6 Å². The Hall–Kier alpha value is -2.25. The van der Waals surface area contributed by atoms with Crippen molar-refractivity contribution >= 4 is 33.1 Å². The molecule has 0 radical (unpaired) electrons. The van der Waals surface area contributed by atoms with Gasteiger partial charge in [0.25, 0.3) is 0 Å². The number of rotatable bonds is 7. The average Bonchev–Trinajstić information content (AvgIpc) is 3.17. The van der Waals surface area contributed by atoms with E-state index >= 15 is 0 Å². The Morgan fingerprint density at radius 3 is 2.72 bits per heavy atom. The molecule has 1 unspecified atom stereocenters. The number of nitrogens with one attached hydrogen (secondary N) is 2. The van der Waals surface area contributed by atoms with E-state index in [1.54, 1.807) is 30.3 Å². The van der Waals surface area contributed by atoms with Gasteiger partial charge in [-0.1, -0.05) is 35.9 Å². The normalized spacial score (nSPS) is 17.4. The van der Waals surface area contributed by atoms with Gasteiger partial charge in [-0.05, 0) is 43.7 Å². The summed E-state index contributed by atoms with van der Waals surface area (Å²) in [5, 5.41) is 7.36. The van der Waals surface area contributed by atoms with E-state index in [0.717, 1.165) is 30.2 Å². The second kappa shape index (κ2) is 9.98. The van der Waals surface area contributed by atoms with Crippen molar-refractivity contribution in [3.63, 3.8) is 0 Å². The lowest BCUT2D eigenvalue weighted by Gasteiger charge is -2.20. The Labute approximate surface area is 177 Å². The van der Waals surface area contributed by atoms with Crippen molar-refractivity contribution in [2.45, 2.75) is 24.3 Å². The summed E-state index contributed by atoms with van der Waals surface area (Å²) >= 11 is 6.10. The molecule has 1 saturated heterocycles. The molecule has 2 N–H and O–H groups in total. The van der Waals surface area contributed by atoms with Crippen LogP contribution in [-0.2, 0) is 9.84 Å². The number of halogens is 1. The molecule has 0 saturated carbocycles. The van der Waals surface area contributed by atoms with Gasteiger partial charge in [0.15, 0.2) is 15.8 Å². The van der Waals surface area contributed by atoms with E-state index < -0.39 is 9.84 Å². The molecule has 2 aromatic carbocycles. The van der Waals surface area contributed by atoms with Crippen molar-refractivity contribution in [1.82, 2.24) is 10.6 Å². The largest absolute Gasteiger partial charge is 0.369 e. The second-order valence-corrected chi connectivity index (χ2v) is 9.49. The minimum Gasteiger partial charge on any atom is -0.369 e. The van der Waals surface area contributed by atoms with Gasteiger partial charge in [0.1, 0.15) is 0 Å². The van der Waals surface area contributed by atoms with Gasteiger partial charge in [0.2, 0.25) is 0 Å². The summed E-state index contributed by atoms with van der Waals surface area (Å²) in [4.78, 5) is 7.09. The van der Waals surface area contributed by atoms with Crippen LogP contribution in [0.4, 0.5) is 5.69 Å². The molecule has 0 aromatic heterocycles. The van der Waals surface area contributed by atoms with Gasteiger partial charge in [-0.15, -0.1) is 0 Å². The molecule has 1 aliphatic heterocycles. The smallest absolute Gasteiger partial charge is 0.191 e. The van der Waals surface area contributed by atoms with E-state index in [4.69, 9.17) is 11.6 Å². The summed E-state index contributed by atoms with van der Waals surface area (Å²) < 4.78 is 24.8. The van der Waals surface area contributed by atoms with Crippen molar-refractivity contribution < 1.29 is 8.42 Å². The summed E-state index contributed by atoms with van der Waals surface area (Å²) in [6, 6.07) is 16.6. The number of nitrogens with zero attached hydrogens (tertiary/aromatic N) is 2. The van der Waals surface area contributed by atoms with Gasteiger partial charge in [0, 0.05) is 36.4 Å². The summed E-state index contributed by atoms with van der Waals surface area (Å²) in [5.41, 5.74) is 1.11. The fraction of sp³-hybridized carbons (Fsp3) is 0.381. The van der Waals surface area contributed by atoms with E-state index in [1.165, 1.54) is 0 Å². The fourth-order valence-corrected chi connectivity index (χ4v) is 4.65. The monoisotopic (exact) mass is 434 g/mol. The number of hydrogen-bond donors (Lipinski definition) is 2. The number of guanidine groups is 1. The molecule has 6 nitrogen and oxygen atoms in total. The van der Waals surface area contributed by atoms with Gasteiger partial charge in [-0.2, -0.15) is 0 Å². The zero-order valence-electron chi connectivity index (χ0n) is 16.5. The highest BCUT2D eigenvalue weighted by Gasteiger charge is 2.23. The Balaban J connectivity index is 1.57. The van der Waals surface area contributed by atoms with Crippen molar-refractivity contribution in [2.75, 3.05) is 36.8 Å². The molecule has 0 spiro atoms. The molecule has 2 aromatic rings. The first-order valence-corrected chi connectivity index (χ1v) is 11.8. The Bertz CT molecular complexity index is 935. The third-order valence-electron chi connectivity index (χ3n) is 4.78. The molecule has 0 aliphatic carbocycles. The third kappa shape index (κ3) is 6.11. The zero-order chi connectivity index (χ0) is 20.7. The molecule has 0 amide bonds. The molecule has 0 bridgehead atoms. The van der Waals surface area contributed by atoms with Crippen LogP contribution in [0.2, 0.25) is 5.02 Å². The van der Waals surface area contributed by atoms with Gasteiger partial charge >= 0.3 is 0 Å². The van der Waals surface area contributed by atoms with Crippen molar-refractivity contribution in [1.29, 1.82) is 0 Å². The lowest BCUT2D eigenvalue weighted by atomic mass is 10.3. The van der Waals surface area contributed by atoms with E-state index in [9.17, 15) is 8.42 Å². The molecular formula is C21H27ClN4O2S. The van der Waals surface area contributed by atoms with E-state index in [1.807, 2.05) is 25.1 Å². The summed E-state index contributed by atoms with van der Waals surface area (Å²) in [5.74, 6) is 0.626. The second-order valence-electron chi connectivity index (χ2n) is 6.95. The first-order chi connectivity index (χ1) is 14.0. The molecular weight excluding hydrogens is 408 g/mol. The molecule has 1 fully saturated rings. The van der Waals surface area contributed by atoms with Crippen LogP contribution in [0, 0.1) is 0 Å². The third-order valence-corrected chi connectivity index (χ3v) is 6.72. The van der Waals surface area contributed by atoms with E-state index in [2.05, 4.69) is 26.6 Å². The molecule has 1 heterocycles. The Morgan fingerprint density at radius 2 is 2.00 bits per heavy atom. The quantitative estimate of drug-likeness (QED) is 0.517. The maximum absolute atomic E-state index is 12.4. The van der Waals surface area contributed by atoms with E-state index in [0.29, 0.717) is 17.4 Å². The van der Waals surface area contributed by atoms with Crippen LogP contribution in [0.15, 0.2) is 64.5 Å². The Kier molecular flexibility index (Phi) is 7.39. The van der Waals surface area contributed by atoms with Crippen LogP contribution in [0.5, 0.6) is 0 Å². The predicted octanol–water partition coefficient (Wildman–Crippen LogP) is 2.95. The first-order valence-electron chi connectivity index (χ1n) is 9.81. The van der Waals surface area contributed by atoms with Crippen molar-refractivity contribution in [2.24, 2.45) is 4.99 Å². The lowest BCUT2D eigenvalue weighted by molar-refractivity contribution is 0.595. The van der Waals surface area contributed by atoms with Crippen LogP contribution in [0.1, 0.15) is 13.3 Å². The number of benzene rings is 2. The highest BCUT2D eigenvalue weighted by Crippen LogP contribution is 2.23. The summed E-state index contributed by atoms with van der Waals surface area (Å²) in [7, 11) is -3.33. The number of sulfone groups is 1. The molecule has 29 heavy (non-hydrogen) atoms. The molecule has 1 aliphatic rings. The average molecular weight is 435 g/mol.